The fourth-order valence-corrected chi connectivity index (χ4v) is 3.65. The molecule has 2 saturated heterocycles. The Morgan fingerprint density at radius 1 is 0.923 bits per heavy atom. The maximum Gasteiger partial charge on any atom is 0.248 e. The van der Waals surface area contributed by atoms with Crippen LogP contribution in [0.4, 0.5) is 0 Å². The molecule has 0 unspecified atom stereocenters. The van der Waals surface area contributed by atoms with E-state index in [2.05, 4.69) is 4.90 Å². The van der Waals surface area contributed by atoms with Crippen molar-refractivity contribution in [2.24, 2.45) is 11.3 Å². The van der Waals surface area contributed by atoms with Crippen LogP contribution in [0.15, 0.2) is 0 Å². The van der Waals surface area contributed by atoms with Crippen LogP contribution in [0.3, 0.4) is 0 Å². The first-order valence-electron chi connectivity index (χ1n) is 10.5. The molecule has 0 atom stereocenters. The fraction of sp³-hybridized carbons (Fsp3) is 0.905. The summed E-state index contributed by atoms with van der Waals surface area (Å²) < 4.78 is 5.43. The summed E-state index contributed by atoms with van der Waals surface area (Å²) in [6, 6.07) is 0. The molecule has 0 N–H and O–H groups in total. The van der Waals surface area contributed by atoms with Crippen LogP contribution in [-0.2, 0) is 14.3 Å². The zero-order valence-electron chi connectivity index (χ0n) is 17.8. The Morgan fingerprint density at radius 2 is 1.42 bits per heavy atom. The predicted octanol–water partition coefficient (Wildman–Crippen LogP) is 3.37. The molecule has 1 spiro atoms. The lowest BCUT2D eigenvalue weighted by Gasteiger charge is -2.46. The van der Waals surface area contributed by atoms with Gasteiger partial charge in [0.05, 0.1) is 12.6 Å². The van der Waals surface area contributed by atoms with E-state index in [9.17, 15) is 9.59 Å². The zero-order chi connectivity index (χ0) is 19.7. The van der Waals surface area contributed by atoms with Crippen molar-refractivity contribution >= 4 is 11.7 Å². The molecule has 2 fully saturated rings. The van der Waals surface area contributed by atoms with Gasteiger partial charge >= 0.3 is 0 Å². The number of piperidine rings is 2. The Labute approximate surface area is 160 Å². The average Bonchev–Trinajstić information content (AvgIpc) is 2.64. The van der Waals surface area contributed by atoms with E-state index >= 15 is 0 Å². The van der Waals surface area contributed by atoms with Gasteiger partial charge in [0.1, 0.15) is 12.4 Å². The molecule has 0 aromatic carbocycles. The predicted molar refractivity (Wildman–Crippen MR) is 106 cm³/mol. The number of carbonyl (C=O) groups excluding carboxylic acids is 2. The van der Waals surface area contributed by atoms with Crippen molar-refractivity contribution < 1.29 is 14.3 Å². The molecule has 5 heteroatoms. The second kappa shape index (κ2) is 11.0. The summed E-state index contributed by atoms with van der Waals surface area (Å²) in [5, 5.41) is 0. The molecule has 2 rings (SSSR count). The van der Waals surface area contributed by atoms with Gasteiger partial charge in [0.25, 0.3) is 0 Å². The third-order valence-corrected chi connectivity index (χ3v) is 5.66. The van der Waals surface area contributed by atoms with Gasteiger partial charge in [-0.05, 0) is 58.0 Å². The van der Waals surface area contributed by atoms with Gasteiger partial charge in [-0.15, -0.1) is 0 Å². The maximum atomic E-state index is 12.2. The van der Waals surface area contributed by atoms with Crippen LogP contribution in [0.1, 0.15) is 67.2 Å². The summed E-state index contributed by atoms with van der Waals surface area (Å²) in [5.74, 6) is 0.596. The van der Waals surface area contributed by atoms with E-state index in [0.29, 0.717) is 17.7 Å². The van der Waals surface area contributed by atoms with Gasteiger partial charge in [0.2, 0.25) is 5.91 Å². The molecule has 0 aromatic rings. The Kier molecular flexibility index (Phi) is 9.80. The number of ketones is 1. The summed E-state index contributed by atoms with van der Waals surface area (Å²) in [7, 11) is 0. The van der Waals surface area contributed by atoms with Gasteiger partial charge in [-0.1, -0.05) is 27.7 Å². The molecule has 26 heavy (non-hydrogen) atoms. The van der Waals surface area contributed by atoms with Crippen LogP contribution in [0.2, 0.25) is 0 Å². The maximum absolute atomic E-state index is 12.2. The summed E-state index contributed by atoms with van der Waals surface area (Å²) in [4.78, 5) is 28.3. The lowest BCUT2D eigenvalue weighted by atomic mass is 9.71. The third kappa shape index (κ3) is 6.99. The van der Waals surface area contributed by atoms with Crippen molar-refractivity contribution in [2.75, 3.05) is 39.3 Å². The van der Waals surface area contributed by atoms with Gasteiger partial charge in [0, 0.05) is 19.0 Å². The van der Waals surface area contributed by atoms with Gasteiger partial charge < -0.3 is 9.64 Å². The summed E-state index contributed by atoms with van der Waals surface area (Å²) in [6.45, 7) is 16.4. The minimum absolute atomic E-state index is 0.1000. The normalized spacial score (nSPS) is 20.2. The first kappa shape index (κ1) is 23.1. The van der Waals surface area contributed by atoms with Gasteiger partial charge in [0.15, 0.2) is 0 Å². The topological polar surface area (TPSA) is 49.9 Å². The number of ether oxygens (including phenoxy) is 1. The van der Waals surface area contributed by atoms with Crippen molar-refractivity contribution in [3.63, 3.8) is 0 Å². The van der Waals surface area contributed by atoms with Crippen molar-refractivity contribution in [1.82, 2.24) is 9.80 Å². The van der Waals surface area contributed by atoms with Crippen LogP contribution in [-0.4, -0.2) is 66.9 Å². The summed E-state index contributed by atoms with van der Waals surface area (Å²) >= 11 is 0. The van der Waals surface area contributed by atoms with E-state index in [1.54, 1.807) is 0 Å². The third-order valence-electron chi connectivity index (χ3n) is 5.66. The molecule has 0 aliphatic carbocycles. The molecule has 2 aliphatic rings. The Hall–Kier alpha value is -0.940. The minimum Gasteiger partial charge on any atom is -0.369 e. The summed E-state index contributed by atoms with van der Waals surface area (Å²) in [6.07, 6.45) is 4.59. The molecule has 0 bridgehead atoms. The van der Waals surface area contributed by atoms with Gasteiger partial charge in [-0.25, -0.2) is 0 Å². The lowest BCUT2D eigenvalue weighted by molar-refractivity contribution is -0.140. The van der Waals surface area contributed by atoms with E-state index in [1.165, 1.54) is 0 Å². The highest BCUT2D eigenvalue weighted by Gasteiger charge is 2.38. The molecule has 1 amide bonds. The van der Waals surface area contributed by atoms with Crippen LogP contribution in [0.25, 0.3) is 0 Å². The molecular weight excluding hydrogens is 328 g/mol. The minimum atomic E-state index is 0.1000. The Balaban J connectivity index is 0.00000163. The molecule has 5 nitrogen and oxygen atoms in total. The number of hydrogen-bond donors (Lipinski definition) is 0. The van der Waals surface area contributed by atoms with E-state index < -0.39 is 0 Å². The quantitative estimate of drug-likeness (QED) is 0.721. The monoisotopic (exact) mass is 368 g/mol. The number of rotatable bonds is 6. The summed E-state index contributed by atoms with van der Waals surface area (Å²) in [5.41, 5.74) is 0.382. The molecule has 2 heterocycles. The van der Waals surface area contributed by atoms with Crippen LogP contribution in [0.5, 0.6) is 0 Å². The number of amides is 1. The lowest BCUT2D eigenvalue weighted by Crippen LogP contribution is -2.49. The first-order valence-corrected chi connectivity index (χ1v) is 10.5. The standard InChI is InChI=1S/C19H34N2O3.C2H6/c1-15(2)17(22)13-20-9-5-19(6-10-20)7-11-21(12-8-19)18(23)14-24-16(3)4;1-2/h15-16H,5-14H2,1-4H3;1-2H3. The Bertz CT molecular complexity index is 431. The van der Waals surface area contributed by atoms with Crippen molar-refractivity contribution in [1.29, 1.82) is 0 Å². The van der Waals surface area contributed by atoms with Crippen molar-refractivity contribution in [3.05, 3.63) is 0 Å². The number of carbonyl (C=O) groups is 2. The highest BCUT2D eigenvalue weighted by Crippen LogP contribution is 2.41. The van der Waals surface area contributed by atoms with Gasteiger partial charge in [-0.2, -0.15) is 0 Å². The average molecular weight is 369 g/mol. The smallest absolute Gasteiger partial charge is 0.248 e. The van der Waals surface area contributed by atoms with Crippen LogP contribution >= 0.6 is 0 Å². The molecule has 0 saturated carbocycles. The second-order valence-corrected chi connectivity index (χ2v) is 8.14. The molecule has 2 aliphatic heterocycles. The SMILES string of the molecule is CC.CC(C)OCC(=O)N1CCC2(CCN(CC(=O)C(C)C)CC2)CC1. The molecular formula is C21H40N2O3. The van der Waals surface area contributed by atoms with Crippen molar-refractivity contribution in [3.8, 4) is 0 Å². The van der Waals surface area contributed by atoms with E-state index in [0.717, 1.165) is 51.9 Å². The molecule has 0 aromatic heterocycles. The number of likely N-dealkylation sites (tertiary alicyclic amines) is 2. The van der Waals surface area contributed by atoms with E-state index in [-0.39, 0.29) is 24.5 Å². The highest BCUT2D eigenvalue weighted by molar-refractivity contribution is 5.82. The largest absolute Gasteiger partial charge is 0.369 e. The number of nitrogens with zero attached hydrogens (tertiary/aromatic N) is 2. The van der Waals surface area contributed by atoms with E-state index in [1.807, 2.05) is 46.4 Å². The van der Waals surface area contributed by atoms with Crippen LogP contribution in [0, 0.1) is 11.3 Å². The zero-order valence-corrected chi connectivity index (χ0v) is 17.8. The van der Waals surface area contributed by atoms with E-state index in [4.69, 9.17) is 4.74 Å². The van der Waals surface area contributed by atoms with Gasteiger partial charge in [-0.3, -0.25) is 14.5 Å². The Morgan fingerprint density at radius 3 is 1.88 bits per heavy atom. The molecule has 0 radical (unpaired) electrons. The number of hydrogen-bond acceptors (Lipinski definition) is 4. The first-order chi connectivity index (χ1) is 12.3. The second-order valence-electron chi connectivity index (χ2n) is 8.14. The fourth-order valence-electron chi connectivity index (χ4n) is 3.65. The number of Topliss-reactive ketones (excluding diaryl/α,β-unsaturated/α-hetero) is 1. The molecule has 152 valence electrons. The van der Waals surface area contributed by atoms with Crippen LogP contribution < -0.4 is 0 Å². The highest BCUT2D eigenvalue weighted by atomic mass is 16.5. The van der Waals surface area contributed by atoms with Crippen molar-refractivity contribution in [2.45, 2.75) is 73.3 Å².